The Bertz CT molecular complexity index is 856. The van der Waals surface area contributed by atoms with Crippen LogP contribution in [0.4, 0.5) is 17.1 Å². The minimum Gasteiger partial charge on any atom is -0.378 e. The number of hydrogen-bond donors (Lipinski definition) is 1. The second kappa shape index (κ2) is 8.03. The Morgan fingerprint density at radius 2 is 1.96 bits per heavy atom. The number of amides is 1. The van der Waals surface area contributed by atoms with Gasteiger partial charge < -0.3 is 15.0 Å². The third kappa shape index (κ3) is 4.14. The molecule has 1 N–H and O–H groups in total. The van der Waals surface area contributed by atoms with Crippen molar-refractivity contribution >= 4 is 50.5 Å². The lowest BCUT2D eigenvalue weighted by Crippen LogP contribution is -2.36. The molecule has 9 heteroatoms. The van der Waals surface area contributed by atoms with E-state index in [0.717, 1.165) is 18.8 Å². The molecular weight excluding hydrogens is 426 g/mol. The molecule has 1 heterocycles. The first-order valence-corrected chi connectivity index (χ1v) is 9.00. The number of hydrogen-bond acceptors (Lipinski definition) is 5. The van der Waals surface area contributed by atoms with Crippen LogP contribution in [0.2, 0.25) is 5.02 Å². The van der Waals surface area contributed by atoms with Gasteiger partial charge in [0.1, 0.15) is 0 Å². The molecule has 3 rings (SSSR count). The second-order valence-corrected chi connectivity index (χ2v) is 6.90. The standard InChI is InChI=1S/C17H15BrClN3O4/c18-14-3-2-12(22(24)25)10-13(14)17(23)20-11-1-4-16(15(19)9-11)21-5-7-26-8-6-21/h1-4,9-10H,5-8H2,(H,20,23). The molecule has 0 bridgehead atoms. The van der Waals surface area contributed by atoms with Crippen molar-refractivity contribution in [1.82, 2.24) is 0 Å². The summed E-state index contributed by atoms with van der Waals surface area (Å²) >= 11 is 9.60. The summed E-state index contributed by atoms with van der Waals surface area (Å²) in [6.45, 7) is 2.81. The Morgan fingerprint density at radius 3 is 2.62 bits per heavy atom. The molecule has 0 radical (unpaired) electrons. The number of benzene rings is 2. The molecule has 1 fully saturated rings. The van der Waals surface area contributed by atoms with E-state index >= 15 is 0 Å². The number of non-ortho nitro benzene ring substituents is 1. The van der Waals surface area contributed by atoms with Gasteiger partial charge in [0.25, 0.3) is 11.6 Å². The Balaban J connectivity index is 1.78. The van der Waals surface area contributed by atoms with Crippen molar-refractivity contribution < 1.29 is 14.5 Å². The van der Waals surface area contributed by atoms with E-state index < -0.39 is 10.8 Å². The van der Waals surface area contributed by atoms with Crippen molar-refractivity contribution in [3.8, 4) is 0 Å². The molecule has 1 aliphatic rings. The normalized spacial score (nSPS) is 14.2. The van der Waals surface area contributed by atoms with Gasteiger partial charge in [0.2, 0.25) is 0 Å². The van der Waals surface area contributed by atoms with Crippen LogP contribution in [0.1, 0.15) is 10.4 Å². The molecule has 136 valence electrons. The summed E-state index contributed by atoms with van der Waals surface area (Å²) in [7, 11) is 0. The van der Waals surface area contributed by atoms with E-state index in [0.29, 0.717) is 28.4 Å². The fourth-order valence-electron chi connectivity index (χ4n) is 2.64. The van der Waals surface area contributed by atoms with Gasteiger partial charge in [-0.15, -0.1) is 0 Å². The maximum absolute atomic E-state index is 12.5. The minimum absolute atomic E-state index is 0.154. The van der Waals surface area contributed by atoms with E-state index in [1.165, 1.54) is 18.2 Å². The molecule has 1 aliphatic heterocycles. The predicted molar refractivity (Wildman–Crippen MR) is 103 cm³/mol. The van der Waals surface area contributed by atoms with Crippen LogP contribution in [0.15, 0.2) is 40.9 Å². The molecule has 1 amide bonds. The van der Waals surface area contributed by atoms with E-state index in [1.807, 2.05) is 6.07 Å². The molecule has 2 aromatic carbocycles. The maximum atomic E-state index is 12.5. The van der Waals surface area contributed by atoms with Crippen LogP contribution in [-0.2, 0) is 4.74 Å². The average Bonchev–Trinajstić information content (AvgIpc) is 2.62. The monoisotopic (exact) mass is 439 g/mol. The van der Waals surface area contributed by atoms with Crippen LogP contribution in [0, 0.1) is 10.1 Å². The number of nitrogens with zero attached hydrogens (tertiary/aromatic N) is 2. The highest BCUT2D eigenvalue weighted by atomic mass is 79.9. The van der Waals surface area contributed by atoms with Crippen molar-refractivity contribution in [3.05, 3.63) is 61.6 Å². The molecule has 0 unspecified atom stereocenters. The number of carbonyl (C=O) groups excluding carboxylic acids is 1. The SMILES string of the molecule is O=C(Nc1ccc(N2CCOCC2)c(Cl)c1)c1cc([N+](=O)[O-])ccc1Br. The Hall–Kier alpha value is -2.16. The summed E-state index contributed by atoms with van der Waals surface area (Å²) in [6.07, 6.45) is 0. The molecule has 0 saturated carbocycles. The predicted octanol–water partition coefficient (Wildman–Crippen LogP) is 4.10. The Morgan fingerprint density at radius 1 is 1.23 bits per heavy atom. The highest BCUT2D eigenvalue weighted by Gasteiger charge is 2.18. The quantitative estimate of drug-likeness (QED) is 0.571. The van der Waals surface area contributed by atoms with E-state index in [4.69, 9.17) is 16.3 Å². The number of ether oxygens (including phenoxy) is 1. The van der Waals surface area contributed by atoms with Crippen LogP contribution >= 0.6 is 27.5 Å². The highest BCUT2D eigenvalue weighted by Crippen LogP contribution is 2.30. The fraction of sp³-hybridized carbons (Fsp3) is 0.235. The summed E-state index contributed by atoms with van der Waals surface area (Å²) < 4.78 is 5.80. The second-order valence-electron chi connectivity index (χ2n) is 5.64. The molecule has 0 aliphatic carbocycles. The molecule has 1 saturated heterocycles. The van der Waals surface area contributed by atoms with Gasteiger partial charge in [-0.2, -0.15) is 0 Å². The topological polar surface area (TPSA) is 84.7 Å². The summed E-state index contributed by atoms with van der Waals surface area (Å²) in [6, 6.07) is 9.28. The van der Waals surface area contributed by atoms with Gasteiger partial charge in [-0.05, 0) is 40.2 Å². The molecule has 0 spiro atoms. The molecule has 0 atom stereocenters. The summed E-state index contributed by atoms with van der Waals surface area (Å²) in [5, 5.41) is 14.1. The molecular formula is C17H15BrClN3O4. The first-order chi connectivity index (χ1) is 12.5. The molecule has 0 aromatic heterocycles. The smallest absolute Gasteiger partial charge is 0.270 e. The van der Waals surface area contributed by atoms with Crippen molar-refractivity contribution in [2.75, 3.05) is 36.5 Å². The van der Waals surface area contributed by atoms with Gasteiger partial charge in [0.05, 0.1) is 34.4 Å². The number of halogens is 2. The maximum Gasteiger partial charge on any atom is 0.270 e. The van der Waals surface area contributed by atoms with Gasteiger partial charge >= 0.3 is 0 Å². The Kier molecular flexibility index (Phi) is 5.75. The third-order valence-corrected chi connectivity index (χ3v) is 4.96. The number of rotatable bonds is 4. The van der Waals surface area contributed by atoms with E-state index in [2.05, 4.69) is 26.1 Å². The number of morpholine rings is 1. The van der Waals surface area contributed by atoms with Gasteiger partial charge in [-0.25, -0.2) is 0 Å². The first kappa shape index (κ1) is 18.6. The zero-order valence-electron chi connectivity index (χ0n) is 13.6. The number of nitrogens with one attached hydrogen (secondary N) is 1. The lowest BCUT2D eigenvalue weighted by molar-refractivity contribution is -0.384. The number of anilines is 2. The summed E-state index contributed by atoms with van der Waals surface area (Å²) in [4.78, 5) is 25.0. The van der Waals surface area contributed by atoms with Crippen LogP contribution in [0.25, 0.3) is 0 Å². The van der Waals surface area contributed by atoms with Crippen molar-refractivity contribution in [1.29, 1.82) is 0 Å². The zero-order valence-corrected chi connectivity index (χ0v) is 15.9. The van der Waals surface area contributed by atoms with Crippen LogP contribution in [-0.4, -0.2) is 37.1 Å². The fourth-order valence-corrected chi connectivity index (χ4v) is 3.37. The average molecular weight is 441 g/mol. The van der Waals surface area contributed by atoms with Gasteiger partial charge in [-0.1, -0.05) is 11.6 Å². The van der Waals surface area contributed by atoms with Crippen LogP contribution < -0.4 is 10.2 Å². The van der Waals surface area contributed by atoms with Crippen molar-refractivity contribution in [2.24, 2.45) is 0 Å². The van der Waals surface area contributed by atoms with Gasteiger partial charge in [0.15, 0.2) is 0 Å². The van der Waals surface area contributed by atoms with E-state index in [1.54, 1.807) is 12.1 Å². The number of nitro benzene ring substituents is 1. The molecule has 26 heavy (non-hydrogen) atoms. The number of carbonyl (C=O) groups is 1. The third-order valence-electron chi connectivity index (χ3n) is 3.96. The van der Waals surface area contributed by atoms with Crippen molar-refractivity contribution in [2.45, 2.75) is 0 Å². The largest absolute Gasteiger partial charge is 0.378 e. The minimum atomic E-state index is -0.544. The zero-order chi connectivity index (χ0) is 18.7. The van der Waals surface area contributed by atoms with E-state index in [9.17, 15) is 14.9 Å². The summed E-state index contributed by atoms with van der Waals surface area (Å²) in [5.74, 6) is -0.462. The first-order valence-electron chi connectivity index (χ1n) is 7.83. The lowest BCUT2D eigenvalue weighted by Gasteiger charge is -2.29. The summed E-state index contributed by atoms with van der Waals surface area (Å²) in [5.41, 5.74) is 1.41. The number of nitro groups is 1. The lowest BCUT2D eigenvalue weighted by atomic mass is 10.1. The van der Waals surface area contributed by atoms with Crippen molar-refractivity contribution in [3.63, 3.8) is 0 Å². The molecule has 2 aromatic rings. The van der Waals surface area contributed by atoms with Crippen LogP contribution in [0.5, 0.6) is 0 Å². The molecule has 7 nitrogen and oxygen atoms in total. The van der Waals surface area contributed by atoms with Gasteiger partial charge in [-0.3, -0.25) is 14.9 Å². The Labute approximate surface area is 163 Å². The van der Waals surface area contributed by atoms with E-state index in [-0.39, 0.29) is 11.3 Å². The van der Waals surface area contributed by atoms with Crippen LogP contribution in [0.3, 0.4) is 0 Å². The van der Waals surface area contributed by atoms with Gasteiger partial charge in [0, 0.05) is 35.4 Å². The highest BCUT2D eigenvalue weighted by molar-refractivity contribution is 9.10.